The van der Waals surface area contributed by atoms with Crippen molar-refractivity contribution in [1.82, 2.24) is 5.32 Å². The van der Waals surface area contributed by atoms with Crippen LogP contribution >= 0.6 is 11.8 Å². The number of rotatable bonds is 4. The zero-order valence-corrected chi connectivity index (χ0v) is 11.7. The van der Waals surface area contributed by atoms with E-state index in [2.05, 4.69) is 37.6 Å². The number of benzene rings is 1. The van der Waals surface area contributed by atoms with Crippen molar-refractivity contribution in [2.75, 3.05) is 18.5 Å². The molecule has 3 heteroatoms. The van der Waals surface area contributed by atoms with Gasteiger partial charge in [-0.25, -0.2) is 0 Å². The topological polar surface area (TPSA) is 38.0 Å². The average Bonchev–Trinajstić information content (AvgIpc) is 2.69. The molecular weight excluding hydrogens is 228 g/mol. The van der Waals surface area contributed by atoms with Crippen LogP contribution in [0.3, 0.4) is 0 Å². The van der Waals surface area contributed by atoms with Crippen LogP contribution in [0.5, 0.6) is 0 Å². The SMILES string of the molecule is CSC(C)(C)CNC1CCc2cc(N)ccc21. The molecule has 0 saturated heterocycles. The highest BCUT2D eigenvalue weighted by atomic mass is 32.2. The summed E-state index contributed by atoms with van der Waals surface area (Å²) in [5, 5.41) is 3.69. The van der Waals surface area contributed by atoms with E-state index in [9.17, 15) is 0 Å². The number of anilines is 1. The third-order valence-corrected chi connectivity index (χ3v) is 4.82. The van der Waals surface area contributed by atoms with Gasteiger partial charge in [-0.1, -0.05) is 6.07 Å². The lowest BCUT2D eigenvalue weighted by Crippen LogP contribution is -2.33. The van der Waals surface area contributed by atoms with Gasteiger partial charge in [0, 0.05) is 23.0 Å². The summed E-state index contributed by atoms with van der Waals surface area (Å²) in [6.07, 6.45) is 4.52. The molecule has 1 aromatic rings. The molecular formula is C14H22N2S. The summed E-state index contributed by atoms with van der Waals surface area (Å²) in [5.41, 5.74) is 9.56. The van der Waals surface area contributed by atoms with Gasteiger partial charge in [0.1, 0.15) is 0 Å². The van der Waals surface area contributed by atoms with E-state index in [-0.39, 0.29) is 0 Å². The maximum atomic E-state index is 5.82. The van der Waals surface area contributed by atoms with Crippen molar-refractivity contribution < 1.29 is 0 Å². The lowest BCUT2D eigenvalue weighted by atomic mass is 10.1. The van der Waals surface area contributed by atoms with Gasteiger partial charge in [-0.05, 0) is 56.2 Å². The predicted molar refractivity (Wildman–Crippen MR) is 77.5 cm³/mol. The first-order chi connectivity index (χ1) is 8.02. The van der Waals surface area contributed by atoms with Crippen molar-refractivity contribution in [2.45, 2.75) is 37.5 Å². The average molecular weight is 250 g/mol. The smallest absolute Gasteiger partial charge is 0.0326 e. The highest BCUT2D eigenvalue weighted by molar-refractivity contribution is 7.99. The largest absolute Gasteiger partial charge is 0.399 e. The highest BCUT2D eigenvalue weighted by Crippen LogP contribution is 2.33. The second-order valence-electron chi connectivity index (χ2n) is 5.39. The molecule has 1 aliphatic carbocycles. The van der Waals surface area contributed by atoms with Crippen molar-refractivity contribution in [3.8, 4) is 0 Å². The number of hydrogen-bond donors (Lipinski definition) is 2. The monoisotopic (exact) mass is 250 g/mol. The molecule has 0 bridgehead atoms. The van der Waals surface area contributed by atoms with Crippen molar-refractivity contribution in [1.29, 1.82) is 0 Å². The van der Waals surface area contributed by atoms with Crippen molar-refractivity contribution in [3.63, 3.8) is 0 Å². The molecule has 2 nitrogen and oxygen atoms in total. The predicted octanol–water partition coefficient (Wildman–Crippen LogP) is 2.99. The first kappa shape index (κ1) is 12.8. The minimum absolute atomic E-state index is 0.302. The molecule has 0 aromatic heterocycles. The van der Waals surface area contributed by atoms with E-state index in [1.54, 1.807) is 0 Å². The first-order valence-electron chi connectivity index (χ1n) is 6.19. The zero-order valence-electron chi connectivity index (χ0n) is 10.9. The molecule has 0 amide bonds. The van der Waals surface area contributed by atoms with E-state index < -0.39 is 0 Å². The summed E-state index contributed by atoms with van der Waals surface area (Å²) in [7, 11) is 0. The molecule has 0 heterocycles. The van der Waals surface area contributed by atoms with Crippen LogP contribution in [0.15, 0.2) is 18.2 Å². The zero-order chi connectivity index (χ0) is 12.5. The van der Waals surface area contributed by atoms with Gasteiger partial charge in [0.25, 0.3) is 0 Å². The van der Waals surface area contributed by atoms with E-state index in [0.717, 1.165) is 18.7 Å². The lowest BCUT2D eigenvalue weighted by Gasteiger charge is -2.25. The van der Waals surface area contributed by atoms with Crippen LogP contribution in [-0.2, 0) is 6.42 Å². The van der Waals surface area contributed by atoms with Crippen LogP contribution in [-0.4, -0.2) is 17.5 Å². The Balaban J connectivity index is 2.03. The molecule has 94 valence electrons. The Labute approximate surface area is 108 Å². The summed E-state index contributed by atoms with van der Waals surface area (Å²) in [5.74, 6) is 0. The molecule has 1 atom stereocenters. The second kappa shape index (κ2) is 4.91. The Morgan fingerprint density at radius 1 is 1.47 bits per heavy atom. The Morgan fingerprint density at radius 3 is 2.94 bits per heavy atom. The Kier molecular flexibility index (Phi) is 3.69. The van der Waals surface area contributed by atoms with Gasteiger partial charge >= 0.3 is 0 Å². The summed E-state index contributed by atoms with van der Waals surface area (Å²) in [4.78, 5) is 0. The number of aryl methyl sites for hydroxylation is 1. The minimum Gasteiger partial charge on any atom is -0.399 e. The molecule has 2 rings (SSSR count). The van der Waals surface area contributed by atoms with Crippen molar-refractivity contribution in [3.05, 3.63) is 29.3 Å². The van der Waals surface area contributed by atoms with Gasteiger partial charge < -0.3 is 11.1 Å². The summed E-state index contributed by atoms with van der Waals surface area (Å²) >= 11 is 1.91. The standard InChI is InChI=1S/C14H22N2S/c1-14(2,17-3)9-16-13-7-4-10-8-11(15)5-6-12(10)13/h5-6,8,13,16H,4,7,9,15H2,1-3H3. The van der Waals surface area contributed by atoms with Gasteiger partial charge in [0.2, 0.25) is 0 Å². The van der Waals surface area contributed by atoms with Crippen molar-refractivity contribution >= 4 is 17.4 Å². The molecule has 0 spiro atoms. The van der Waals surface area contributed by atoms with Crippen LogP contribution < -0.4 is 11.1 Å². The van der Waals surface area contributed by atoms with Crippen LogP contribution in [0.25, 0.3) is 0 Å². The number of fused-ring (bicyclic) bond motifs is 1. The maximum absolute atomic E-state index is 5.82. The molecule has 0 fully saturated rings. The van der Waals surface area contributed by atoms with E-state index in [4.69, 9.17) is 5.73 Å². The normalized spacial score (nSPS) is 19.4. The number of thioether (sulfide) groups is 1. The van der Waals surface area contributed by atoms with E-state index >= 15 is 0 Å². The number of hydrogen-bond acceptors (Lipinski definition) is 3. The lowest BCUT2D eigenvalue weighted by molar-refractivity contribution is 0.493. The highest BCUT2D eigenvalue weighted by Gasteiger charge is 2.24. The van der Waals surface area contributed by atoms with Crippen molar-refractivity contribution in [2.24, 2.45) is 0 Å². The molecule has 1 aliphatic rings. The summed E-state index contributed by atoms with van der Waals surface area (Å²) in [6, 6.07) is 6.83. The van der Waals surface area contributed by atoms with Gasteiger partial charge in [-0.3, -0.25) is 0 Å². The summed E-state index contributed by atoms with van der Waals surface area (Å²) in [6.45, 7) is 5.61. The van der Waals surface area contributed by atoms with Gasteiger partial charge in [0.15, 0.2) is 0 Å². The number of nitrogens with one attached hydrogen (secondary N) is 1. The molecule has 1 unspecified atom stereocenters. The Bertz CT molecular complexity index is 401. The molecule has 3 N–H and O–H groups in total. The van der Waals surface area contributed by atoms with Gasteiger partial charge in [-0.15, -0.1) is 0 Å². The number of nitrogen functional groups attached to an aromatic ring is 1. The maximum Gasteiger partial charge on any atom is 0.0326 e. The fraction of sp³-hybridized carbons (Fsp3) is 0.571. The fourth-order valence-electron chi connectivity index (χ4n) is 2.29. The van der Waals surface area contributed by atoms with E-state index in [0.29, 0.717) is 10.8 Å². The third kappa shape index (κ3) is 2.96. The van der Waals surface area contributed by atoms with E-state index in [1.807, 2.05) is 17.8 Å². The fourth-order valence-corrected chi connectivity index (χ4v) is 2.52. The molecule has 17 heavy (non-hydrogen) atoms. The molecule has 1 aromatic carbocycles. The molecule has 0 aliphatic heterocycles. The van der Waals surface area contributed by atoms with Crippen LogP contribution in [0, 0.1) is 0 Å². The van der Waals surface area contributed by atoms with Gasteiger partial charge in [0.05, 0.1) is 0 Å². The first-order valence-corrected chi connectivity index (χ1v) is 7.41. The quantitative estimate of drug-likeness (QED) is 0.807. The van der Waals surface area contributed by atoms with Crippen LogP contribution in [0.4, 0.5) is 5.69 Å². The van der Waals surface area contributed by atoms with Crippen LogP contribution in [0.1, 0.15) is 37.4 Å². The Morgan fingerprint density at radius 2 is 2.24 bits per heavy atom. The van der Waals surface area contributed by atoms with Crippen LogP contribution in [0.2, 0.25) is 0 Å². The summed E-state index contributed by atoms with van der Waals surface area (Å²) < 4.78 is 0.302. The third-order valence-electron chi connectivity index (χ3n) is 3.57. The molecule has 0 saturated carbocycles. The minimum atomic E-state index is 0.302. The van der Waals surface area contributed by atoms with Gasteiger partial charge in [-0.2, -0.15) is 11.8 Å². The molecule has 0 radical (unpaired) electrons. The Hall–Kier alpha value is -0.670. The number of nitrogens with two attached hydrogens (primary N) is 1. The van der Waals surface area contributed by atoms with E-state index in [1.165, 1.54) is 17.5 Å². The second-order valence-corrected chi connectivity index (χ2v) is 6.91.